The maximum absolute atomic E-state index is 9.49. The average Bonchev–Trinajstić information content (AvgIpc) is 3.38. The van der Waals surface area contributed by atoms with E-state index in [1.165, 1.54) is 0 Å². The van der Waals surface area contributed by atoms with Crippen molar-refractivity contribution >= 4 is 11.8 Å². The fourth-order valence-corrected chi connectivity index (χ4v) is 3.67. The van der Waals surface area contributed by atoms with Crippen molar-refractivity contribution in [3.8, 4) is 17.2 Å². The molecular weight excluding hydrogens is 376 g/mol. The summed E-state index contributed by atoms with van der Waals surface area (Å²) in [5.41, 5.74) is 1.92. The van der Waals surface area contributed by atoms with Crippen LogP contribution in [0.2, 0.25) is 0 Å². The molecule has 2 atom stereocenters. The lowest BCUT2D eigenvalue weighted by Crippen LogP contribution is -2.03. The SMILES string of the molecule is O[C@@H]1CC[C@@H](c2ccc(-c3nnc(CSCCOc4ccccc4)o3)cc2)O1. The molecule has 2 aromatic carbocycles. The van der Waals surface area contributed by atoms with Crippen LogP contribution in [0.15, 0.2) is 59.0 Å². The van der Waals surface area contributed by atoms with Gasteiger partial charge in [0, 0.05) is 17.7 Å². The summed E-state index contributed by atoms with van der Waals surface area (Å²) in [6.07, 6.45) is 0.805. The lowest BCUT2D eigenvalue weighted by Gasteiger charge is -2.10. The number of hydrogen-bond acceptors (Lipinski definition) is 7. The van der Waals surface area contributed by atoms with E-state index in [0.29, 0.717) is 30.6 Å². The highest BCUT2D eigenvalue weighted by molar-refractivity contribution is 7.98. The first-order chi connectivity index (χ1) is 13.8. The third kappa shape index (κ3) is 4.92. The molecule has 1 aliphatic heterocycles. The van der Waals surface area contributed by atoms with Gasteiger partial charge in [0.2, 0.25) is 11.8 Å². The van der Waals surface area contributed by atoms with E-state index in [2.05, 4.69) is 10.2 Å². The van der Waals surface area contributed by atoms with E-state index in [9.17, 15) is 5.11 Å². The highest BCUT2D eigenvalue weighted by Crippen LogP contribution is 2.32. The molecule has 1 aliphatic rings. The van der Waals surface area contributed by atoms with E-state index in [0.717, 1.165) is 29.1 Å². The van der Waals surface area contributed by atoms with Crippen molar-refractivity contribution in [2.45, 2.75) is 31.0 Å². The highest BCUT2D eigenvalue weighted by Gasteiger charge is 2.24. The molecule has 0 spiro atoms. The second-order valence-corrected chi connectivity index (χ2v) is 7.60. The topological polar surface area (TPSA) is 77.6 Å². The van der Waals surface area contributed by atoms with E-state index < -0.39 is 6.29 Å². The molecule has 0 aliphatic carbocycles. The van der Waals surface area contributed by atoms with Crippen LogP contribution in [0.25, 0.3) is 11.5 Å². The molecule has 1 N–H and O–H groups in total. The zero-order valence-electron chi connectivity index (χ0n) is 15.4. The molecule has 0 amide bonds. The Balaban J connectivity index is 1.24. The predicted molar refractivity (Wildman–Crippen MR) is 107 cm³/mol. The van der Waals surface area contributed by atoms with Crippen LogP contribution in [0.4, 0.5) is 0 Å². The fourth-order valence-electron chi connectivity index (χ4n) is 3.03. The van der Waals surface area contributed by atoms with Crippen LogP contribution < -0.4 is 4.74 Å². The number of rotatable bonds is 8. The molecule has 28 heavy (non-hydrogen) atoms. The number of ether oxygens (including phenoxy) is 2. The quantitative estimate of drug-likeness (QED) is 0.569. The smallest absolute Gasteiger partial charge is 0.247 e. The standard InChI is InChI=1S/C21H22N2O4S/c24-20-11-10-18(26-20)15-6-8-16(9-7-15)21-23-22-19(27-21)14-28-13-12-25-17-4-2-1-3-5-17/h1-9,18,20,24H,10-14H2/t18-,20-/m0/s1. The van der Waals surface area contributed by atoms with Crippen molar-refractivity contribution in [2.75, 3.05) is 12.4 Å². The maximum Gasteiger partial charge on any atom is 0.247 e. The van der Waals surface area contributed by atoms with Crippen molar-refractivity contribution < 1.29 is 19.0 Å². The molecule has 3 aromatic rings. The van der Waals surface area contributed by atoms with Crippen LogP contribution in [-0.4, -0.2) is 34.0 Å². The third-order valence-electron chi connectivity index (χ3n) is 4.46. The van der Waals surface area contributed by atoms with Gasteiger partial charge in [-0.15, -0.1) is 22.0 Å². The summed E-state index contributed by atoms with van der Waals surface area (Å²) in [6.45, 7) is 0.634. The lowest BCUT2D eigenvalue weighted by atomic mass is 10.0. The molecule has 0 radical (unpaired) electrons. The van der Waals surface area contributed by atoms with Gasteiger partial charge in [0.25, 0.3) is 0 Å². The van der Waals surface area contributed by atoms with E-state index in [1.807, 2.05) is 54.6 Å². The van der Waals surface area contributed by atoms with Crippen molar-refractivity contribution in [3.63, 3.8) is 0 Å². The number of aromatic nitrogens is 2. The molecule has 1 aromatic heterocycles. The molecule has 0 bridgehead atoms. The van der Waals surface area contributed by atoms with Gasteiger partial charge in [-0.2, -0.15) is 0 Å². The normalized spacial score (nSPS) is 19.0. The van der Waals surface area contributed by atoms with Gasteiger partial charge in [-0.25, -0.2) is 0 Å². The first-order valence-corrected chi connectivity index (χ1v) is 10.5. The maximum atomic E-state index is 9.49. The van der Waals surface area contributed by atoms with E-state index in [1.54, 1.807) is 11.8 Å². The van der Waals surface area contributed by atoms with Gasteiger partial charge in [-0.1, -0.05) is 30.3 Å². The summed E-state index contributed by atoms with van der Waals surface area (Å²) in [7, 11) is 0. The second-order valence-electron chi connectivity index (χ2n) is 6.49. The Bertz CT molecular complexity index is 870. The zero-order valence-corrected chi connectivity index (χ0v) is 16.2. The van der Waals surface area contributed by atoms with Gasteiger partial charge in [0.05, 0.1) is 18.5 Å². The fraction of sp³-hybridized carbons (Fsp3) is 0.333. The molecule has 1 saturated heterocycles. The van der Waals surface area contributed by atoms with Crippen molar-refractivity contribution in [1.82, 2.24) is 10.2 Å². The minimum Gasteiger partial charge on any atom is -0.493 e. The molecular formula is C21H22N2O4S. The Morgan fingerprint density at radius 1 is 1.04 bits per heavy atom. The van der Waals surface area contributed by atoms with Gasteiger partial charge in [0.15, 0.2) is 6.29 Å². The van der Waals surface area contributed by atoms with Gasteiger partial charge < -0.3 is 19.0 Å². The largest absolute Gasteiger partial charge is 0.493 e. The molecule has 2 heterocycles. The molecule has 146 valence electrons. The number of hydrogen-bond donors (Lipinski definition) is 1. The molecule has 0 unspecified atom stereocenters. The summed E-state index contributed by atoms with van der Waals surface area (Å²) in [5, 5.41) is 17.8. The first kappa shape index (κ1) is 19.0. The van der Waals surface area contributed by atoms with Gasteiger partial charge in [-0.3, -0.25) is 0 Å². The van der Waals surface area contributed by atoms with E-state index in [4.69, 9.17) is 13.9 Å². The Morgan fingerprint density at radius 2 is 1.86 bits per heavy atom. The lowest BCUT2D eigenvalue weighted by molar-refractivity contribution is -0.0913. The highest BCUT2D eigenvalue weighted by atomic mass is 32.2. The minimum absolute atomic E-state index is 0.0446. The predicted octanol–water partition coefficient (Wildman–Crippen LogP) is 4.22. The number of para-hydroxylation sites is 1. The van der Waals surface area contributed by atoms with Gasteiger partial charge in [0.1, 0.15) is 5.75 Å². The Kier molecular flexibility index (Phi) is 6.26. The summed E-state index contributed by atoms with van der Waals surface area (Å²) in [4.78, 5) is 0. The van der Waals surface area contributed by atoms with Gasteiger partial charge >= 0.3 is 0 Å². The molecule has 6 nitrogen and oxygen atoms in total. The van der Waals surface area contributed by atoms with Crippen molar-refractivity contribution in [2.24, 2.45) is 0 Å². The zero-order chi connectivity index (χ0) is 19.2. The number of aliphatic hydroxyl groups excluding tert-OH is 1. The summed E-state index contributed by atoms with van der Waals surface area (Å²) < 4.78 is 16.9. The van der Waals surface area contributed by atoms with Crippen LogP contribution in [0.1, 0.15) is 30.4 Å². The van der Waals surface area contributed by atoms with Gasteiger partial charge in [-0.05, 0) is 36.2 Å². The third-order valence-corrected chi connectivity index (χ3v) is 5.36. The van der Waals surface area contributed by atoms with E-state index >= 15 is 0 Å². The molecule has 4 rings (SSSR count). The summed E-state index contributed by atoms with van der Waals surface area (Å²) in [5.74, 6) is 3.48. The number of benzene rings is 2. The minimum atomic E-state index is -0.654. The second kappa shape index (κ2) is 9.23. The average molecular weight is 398 g/mol. The Morgan fingerprint density at radius 3 is 2.61 bits per heavy atom. The first-order valence-electron chi connectivity index (χ1n) is 9.30. The van der Waals surface area contributed by atoms with Crippen molar-refractivity contribution in [1.29, 1.82) is 0 Å². The number of thioether (sulfide) groups is 1. The summed E-state index contributed by atoms with van der Waals surface area (Å²) >= 11 is 1.69. The Hall–Kier alpha value is -2.35. The van der Waals surface area contributed by atoms with Crippen molar-refractivity contribution in [3.05, 3.63) is 66.1 Å². The Labute approximate surface area is 167 Å². The number of aliphatic hydroxyl groups is 1. The van der Waals surface area contributed by atoms with E-state index in [-0.39, 0.29) is 6.10 Å². The molecule has 0 saturated carbocycles. The van der Waals surface area contributed by atoms with Crippen LogP contribution in [0, 0.1) is 0 Å². The van der Waals surface area contributed by atoms with Crippen LogP contribution in [0.3, 0.4) is 0 Å². The molecule has 1 fully saturated rings. The van der Waals surface area contributed by atoms with Crippen LogP contribution in [0.5, 0.6) is 5.75 Å². The van der Waals surface area contributed by atoms with Crippen LogP contribution in [-0.2, 0) is 10.5 Å². The monoisotopic (exact) mass is 398 g/mol. The molecule has 7 heteroatoms. The van der Waals surface area contributed by atoms with Crippen LogP contribution >= 0.6 is 11.8 Å². The summed E-state index contributed by atoms with van der Waals surface area (Å²) in [6, 6.07) is 17.6. The number of nitrogens with zero attached hydrogens (tertiary/aromatic N) is 2.